The van der Waals surface area contributed by atoms with E-state index in [-0.39, 0.29) is 12.4 Å². The molecule has 0 fully saturated rings. The van der Waals surface area contributed by atoms with Crippen LogP contribution in [-0.4, -0.2) is 19.6 Å². The highest BCUT2D eigenvalue weighted by atomic mass is 35.5. The Hall–Kier alpha value is -1.33. The molecule has 0 saturated carbocycles. The Bertz CT molecular complexity index is 474. The van der Waals surface area contributed by atoms with Gasteiger partial charge in [-0.3, -0.25) is 9.36 Å². The second-order valence-electron chi connectivity index (χ2n) is 4.47. The van der Waals surface area contributed by atoms with Crippen LogP contribution in [0.5, 0.6) is 0 Å². The molecule has 5 nitrogen and oxygen atoms in total. The number of nitrogens with zero attached hydrogens (tertiary/aromatic N) is 4. The maximum Gasteiger partial charge on any atom is 0.0534 e. The van der Waals surface area contributed by atoms with E-state index in [9.17, 15) is 0 Å². The summed E-state index contributed by atoms with van der Waals surface area (Å²) in [6.45, 7) is 5.90. The molecule has 2 rings (SSSR count). The van der Waals surface area contributed by atoms with Crippen molar-refractivity contribution >= 4 is 12.4 Å². The Balaban J connectivity index is 0.00000162. The van der Waals surface area contributed by atoms with E-state index in [1.54, 1.807) is 0 Å². The summed E-state index contributed by atoms with van der Waals surface area (Å²) in [6.07, 6.45) is 5.81. The van der Waals surface area contributed by atoms with Crippen molar-refractivity contribution in [3.05, 3.63) is 35.9 Å². The fraction of sp³-hybridized carbons (Fsp3) is 0.500. The molecule has 0 aliphatic rings. The van der Waals surface area contributed by atoms with E-state index >= 15 is 0 Å². The molecule has 0 aliphatic heterocycles. The lowest BCUT2D eigenvalue weighted by Crippen LogP contribution is -2.15. The Kier molecular flexibility index (Phi) is 5.37. The van der Waals surface area contributed by atoms with Gasteiger partial charge in [0.15, 0.2) is 0 Å². The van der Waals surface area contributed by atoms with E-state index in [1.807, 2.05) is 34.9 Å². The van der Waals surface area contributed by atoms with E-state index in [4.69, 9.17) is 0 Å². The highest BCUT2D eigenvalue weighted by molar-refractivity contribution is 5.85. The number of aromatic nitrogens is 4. The molecular formula is C12H20ClN5. The standard InChI is InChI=1S/C12H19N5.ClH/c1-10(2)17-9-11(7-15-17)6-13-8-12-4-5-14-16(12)3;/h4-5,7,9-10,13H,6,8H2,1-3H3;1H. The average molecular weight is 270 g/mol. The predicted octanol–water partition coefficient (Wildman–Crippen LogP) is 1.91. The molecule has 0 aliphatic carbocycles. The molecule has 2 aromatic heterocycles. The third-order valence-corrected chi connectivity index (χ3v) is 2.74. The van der Waals surface area contributed by atoms with Gasteiger partial charge in [-0.2, -0.15) is 10.2 Å². The molecule has 2 aromatic rings. The van der Waals surface area contributed by atoms with Gasteiger partial charge in [0.25, 0.3) is 0 Å². The third-order valence-electron chi connectivity index (χ3n) is 2.74. The summed E-state index contributed by atoms with van der Waals surface area (Å²) in [5.41, 5.74) is 2.39. The normalized spacial score (nSPS) is 10.7. The maximum atomic E-state index is 4.31. The largest absolute Gasteiger partial charge is 0.307 e. The van der Waals surface area contributed by atoms with Gasteiger partial charge in [0.1, 0.15) is 0 Å². The molecule has 0 bridgehead atoms. The lowest BCUT2D eigenvalue weighted by Gasteiger charge is -2.04. The zero-order chi connectivity index (χ0) is 12.3. The Morgan fingerprint density at radius 1 is 1.28 bits per heavy atom. The van der Waals surface area contributed by atoms with Crippen molar-refractivity contribution in [2.45, 2.75) is 33.0 Å². The Morgan fingerprint density at radius 3 is 2.61 bits per heavy atom. The zero-order valence-electron chi connectivity index (χ0n) is 11.0. The number of aryl methyl sites for hydroxylation is 1. The molecule has 1 N–H and O–H groups in total. The van der Waals surface area contributed by atoms with Crippen molar-refractivity contribution < 1.29 is 0 Å². The smallest absolute Gasteiger partial charge is 0.0534 e. The Labute approximate surface area is 114 Å². The second kappa shape index (κ2) is 6.56. The van der Waals surface area contributed by atoms with Crippen molar-refractivity contribution in [2.24, 2.45) is 7.05 Å². The number of hydrogen-bond donors (Lipinski definition) is 1. The number of nitrogens with one attached hydrogen (secondary N) is 1. The maximum absolute atomic E-state index is 4.31. The van der Waals surface area contributed by atoms with E-state index in [0.29, 0.717) is 6.04 Å². The van der Waals surface area contributed by atoms with Gasteiger partial charge in [-0.1, -0.05) is 0 Å². The van der Waals surface area contributed by atoms with Crippen LogP contribution in [0.1, 0.15) is 31.1 Å². The van der Waals surface area contributed by atoms with Crippen LogP contribution in [0.3, 0.4) is 0 Å². The monoisotopic (exact) mass is 269 g/mol. The van der Waals surface area contributed by atoms with Crippen LogP contribution >= 0.6 is 12.4 Å². The molecule has 0 atom stereocenters. The summed E-state index contributed by atoms with van der Waals surface area (Å²) in [6, 6.07) is 2.44. The number of hydrogen-bond acceptors (Lipinski definition) is 3. The predicted molar refractivity (Wildman–Crippen MR) is 73.6 cm³/mol. The van der Waals surface area contributed by atoms with Crippen LogP contribution < -0.4 is 5.32 Å². The fourth-order valence-corrected chi connectivity index (χ4v) is 1.66. The third kappa shape index (κ3) is 3.58. The van der Waals surface area contributed by atoms with Gasteiger partial charge in [0, 0.05) is 44.1 Å². The van der Waals surface area contributed by atoms with Crippen LogP contribution in [0.4, 0.5) is 0 Å². The summed E-state index contributed by atoms with van der Waals surface area (Å²) in [7, 11) is 1.95. The summed E-state index contributed by atoms with van der Waals surface area (Å²) >= 11 is 0. The van der Waals surface area contributed by atoms with Crippen LogP contribution in [0.2, 0.25) is 0 Å². The summed E-state index contributed by atoms with van der Waals surface area (Å²) in [4.78, 5) is 0. The molecule has 100 valence electrons. The molecule has 0 radical (unpaired) electrons. The van der Waals surface area contributed by atoms with E-state index in [0.717, 1.165) is 13.1 Å². The topological polar surface area (TPSA) is 47.7 Å². The lowest BCUT2D eigenvalue weighted by atomic mass is 10.3. The van der Waals surface area contributed by atoms with Gasteiger partial charge in [0.2, 0.25) is 0 Å². The average Bonchev–Trinajstić information content (AvgIpc) is 2.89. The van der Waals surface area contributed by atoms with Crippen LogP contribution in [0, 0.1) is 0 Å². The minimum absolute atomic E-state index is 0. The molecule has 18 heavy (non-hydrogen) atoms. The number of rotatable bonds is 5. The first-order valence-electron chi connectivity index (χ1n) is 5.87. The van der Waals surface area contributed by atoms with Crippen molar-refractivity contribution in [1.29, 1.82) is 0 Å². The molecule has 6 heteroatoms. The molecule has 2 heterocycles. The van der Waals surface area contributed by atoms with Gasteiger partial charge >= 0.3 is 0 Å². The van der Waals surface area contributed by atoms with E-state index < -0.39 is 0 Å². The van der Waals surface area contributed by atoms with Crippen LogP contribution in [0.15, 0.2) is 24.7 Å². The van der Waals surface area contributed by atoms with Gasteiger partial charge in [-0.05, 0) is 19.9 Å². The van der Waals surface area contributed by atoms with Gasteiger partial charge < -0.3 is 5.32 Å². The van der Waals surface area contributed by atoms with Crippen molar-refractivity contribution in [2.75, 3.05) is 0 Å². The van der Waals surface area contributed by atoms with Gasteiger partial charge in [-0.25, -0.2) is 0 Å². The first-order chi connectivity index (χ1) is 8.16. The van der Waals surface area contributed by atoms with Crippen LogP contribution in [0.25, 0.3) is 0 Å². The zero-order valence-corrected chi connectivity index (χ0v) is 11.8. The SMILES string of the molecule is CC(C)n1cc(CNCc2ccnn2C)cn1.Cl. The minimum Gasteiger partial charge on any atom is -0.307 e. The molecule has 0 unspecified atom stereocenters. The molecule has 0 aromatic carbocycles. The molecule has 0 saturated heterocycles. The molecule has 0 spiro atoms. The molecular weight excluding hydrogens is 250 g/mol. The number of halogens is 1. The summed E-state index contributed by atoms with van der Waals surface area (Å²) in [5, 5.41) is 11.8. The van der Waals surface area contributed by atoms with Crippen molar-refractivity contribution in [3.63, 3.8) is 0 Å². The second-order valence-corrected chi connectivity index (χ2v) is 4.47. The van der Waals surface area contributed by atoms with Gasteiger partial charge in [-0.15, -0.1) is 12.4 Å². The van der Waals surface area contributed by atoms with Crippen molar-refractivity contribution in [3.8, 4) is 0 Å². The van der Waals surface area contributed by atoms with Gasteiger partial charge in [0.05, 0.1) is 11.9 Å². The summed E-state index contributed by atoms with van der Waals surface area (Å²) in [5.74, 6) is 0. The first-order valence-corrected chi connectivity index (χ1v) is 5.87. The highest BCUT2D eigenvalue weighted by Crippen LogP contribution is 2.05. The van der Waals surface area contributed by atoms with E-state index in [1.165, 1.54) is 11.3 Å². The Morgan fingerprint density at radius 2 is 2.06 bits per heavy atom. The van der Waals surface area contributed by atoms with Crippen molar-refractivity contribution in [1.82, 2.24) is 24.9 Å². The minimum atomic E-state index is 0. The lowest BCUT2D eigenvalue weighted by molar-refractivity contribution is 0.531. The fourth-order valence-electron chi connectivity index (χ4n) is 1.66. The van der Waals surface area contributed by atoms with Crippen LogP contribution in [-0.2, 0) is 20.1 Å². The summed E-state index contributed by atoms with van der Waals surface area (Å²) < 4.78 is 3.85. The highest BCUT2D eigenvalue weighted by Gasteiger charge is 2.02. The quantitative estimate of drug-likeness (QED) is 0.902. The first kappa shape index (κ1) is 14.7. The molecule has 0 amide bonds. The van der Waals surface area contributed by atoms with E-state index in [2.05, 4.69) is 35.6 Å².